The van der Waals surface area contributed by atoms with Crippen molar-refractivity contribution in [3.05, 3.63) is 29.8 Å². The molecule has 0 bridgehead atoms. The first-order valence-corrected chi connectivity index (χ1v) is 10.2. The van der Waals surface area contributed by atoms with Crippen LogP contribution in [0.1, 0.15) is 45.1 Å². The molecule has 1 saturated heterocycles. The largest absolute Gasteiger partial charge is 0.484 e. The van der Waals surface area contributed by atoms with Crippen LogP contribution in [-0.2, 0) is 19.1 Å². The van der Waals surface area contributed by atoms with Crippen molar-refractivity contribution in [3.8, 4) is 5.75 Å². The molecular formula is C22H32N2O5. The zero-order chi connectivity index (χ0) is 21.4. The van der Waals surface area contributed by atoms with Crippen molar-refractivity contribution in [1.82, 2.24) is 9.80 Å². The van der Waals surface area contributed by atoms with E-state index < -0.39 is 0 Å². The van der Waals surface area contributed by atoms with Crippen LogP contribution in [0, 0.1) is 5.92 Å². The standard InChI is InChI=1S/C22H32N2O5/c1-5-28-22(27)18-9-7-11-24(13-18)20(25)14-23(4)21(26)15-29-19-10-6-8-17(12-19)16(2)3/h6,8,10,12,16,18H,5,7,9,11,13-15H2,1-4H3. The average molecular weight is 405 g/mol. The molecule has 7 nitrogen and oxygen atoms in total. The van der Waals surface area contributed by atoms with E-state index >= 15 is 0 Å². The minimum atomic E-state index is -0.287. The number of hydrogen-bond donors (Lipinski definition) is 0. The topological polar surface area (TPSA) is 76.2 Å². The summed E-state index contributed by atoms with van der Waals surface area (Å²) in [4.78, 5) is 39.9. The molecule has 1 aliphatic rings. The number of piperidine rings is 1. The van der Waals surface area contributed by atoms with Crippen molar-refractivity contribution in [2.24, 2.45) is 5.92 Å². The lowest BCUT2D eigenvalue weighted by molar-refractivity contribution is -0.152. The van der Waals surface area contributed by atoms with Gasteiger partial charge >= 0.3 is 5.97 Å². The minimum Gasteiger partial charge on any atom is -0.484 e. The predicted molar refractivity (Wildman–Crippen MR) is 110 cm³/mol. The number of likely N-dealkylation sites (N-methyl/N-ethyl adjacent to an activating group) is 1. The number of hydrogen-bond acceptors (Lipinski definition) is 5. The molecule has 1 atom stereocenters. The van der Waals surface area contributed by atoms with Crippen LogP contribution in [-0.4, -0.2) is 67.5 Å². The highest BCUT2D eigenvalue weighted by molar-refractivity contribution is 5.85. The highest BCUT2D eigenvalue weighted by Gasteiger charge is 2.30. The number of carbonyl (C=O) groups is 3. The van der Waals surface area contributed by atoms with E-state index in [-0.39, 0.29) is 36.9 Å². The van der Waals surface area contributed by atoms with Gasteiger partial charge in [-0.2, -0.15) is 0 Å². The summed E-state index contributed by atoms with van der Waals surface area (Å²) in [5.74, 6) is 0.0238. The molecule has 1 aliphatic heterocycles. The van der Waals surface area contributed by atoms with Crippen molar-refractivity contribution < 1.29 is 23.9 Å². The van der Waals surface area contributed by atoms with E-state index in [1.165, 1.54) is 4.90 Å². The number of benzene rings is 1. The van der Waals surface area contributed by atoms with Crippen LogP contribution in [0.2, 0.25) is 0 Å². The fraction of sp³-hybridized carbons (Fsp3) is 0.591. The quantitative estimate of drug-likeness (QED) is 0.622. The highest BCUT2D eigenvalue weighted by Crippen LogP contribution is 2.20. The number of ether oxygens (including phenoxy) is 2. The van der Waals surface area contributed by atoms with E-state index in [9.17, 15) is 14.4 Å². The first kappa shape index (κ1) is 22.7. The molecule has 0 aliphatic carbocycles. The van der Waals surface area contributed by atoms with Crippen LogP contribution < -0.4 is 4.74 Å². The number of carbonyl (C=O) groups excluding carboxylic acids is 3. The number of rotatable bonds is 8. The smallest absolute Gasteiger partial charge is 0.310 e. The van der Waals surface area contributed by atoms with Gasteiger partial charge in [0, 0.05) is 20.1 Å². The van der Waals surface area contributed by atoms with Crippen molar-refractivity contribution in [2.75, 3.05) is 39.9 Å². The van der Waals surface area contributed by atoms with Crippen LogP contribution in [0.25, 0.3) is 0 Å². The fourth-order valence-corrected chi connectivity index (χ4v) is 3.27. The first-order chi connectivity index (χ1) is 13.8. The monoisotopic (exact) mass is 404 g/mol. The molecule has 0 radical (unpaired) electrons. The van der Waals surface area contributed by atoms with E-state index in [0.29, 0.717) is 31.4 Å². The molecular weight excluding hydrogens is 372 g/mol. The van der Waals surface area contributed by atoms with E-state index in [4.69, 9.17) is 9.47 Å². The summed E-state index contributed by atoms with van der Waals surface area (Å²) in [7, 11) is 1.58. The Morgan fingerprint density at radius 3 is 2.72 bits per heavy atom. The van der Waals surface area contributed by atoms with Gasteiger partial charge in [-0.25, -0.2) is 0 Å². The van der Waals surface area contributed by atoms with Crippen LogP contribution in [0.5, 0.6) is 5.75 Å². The van der Waals surface area contributed by atoms with Crippen LogP contribution in [0.4, 0.5) is 0 Å². The minimum absolute atomic E-state index is 0.0379. The molecule has 2 rings (SSSR count). The molecule has 0 saturated carbocycles. The van der Waals surface area contributed by atoms with Crippen LogP contribution in [0.3, 0.4) is 0 Å². The lowest BCUT2D eigenvalue weighted by Gasteiger charge is -2.32. The number of nitrogens with zero attached hydrogens (tertiary/aromatic N) is 2. The maximum atomic E-state index is 12.6. The Morgan fingerprint density at radius 2 is 2.03 bits per heavy atom. The molecule has 2 amide bonds. The summed E-state index contributed by atoms with van der Waals surface area (Å²) in [6.07, 6.45) is 1.48. The Labute approximate surface area is 172 Å². The SMILES string of the molecule is CCOC(=O)C1CCCN(C(=O)CN(C)C(=O)COc2cccc(C(C)C)c2)C1. The maximum absolute atomic E-state index is 12.6. The van der Waals surface area contributed by atoms with Gasteiger partial charge in [-0.05, 0) is 43.4 Å². The number of likely N-dealkylation sites (tertiary alicyclic amines) is 1. The molecule has 29 heavy (non-hydrogen) atoms. The second-order valence-corrected chi connectivity index (χ2v) is 7.70. The van der Waals surface area contributed by atoms with Crippen molar-refractivity contribution in [2.45, 2.75) is 39.5 Å². The summed E-state index contributed by atoms with van der Waals surface area (Å²) in [5.41, 5.74) is 1.14. The Morgan fingerprint density at radius 1 is 1.28 bits per heavy atom. The molecule has 7 heteroatoms. The Balaban J connectivity index is 1.83. The number of amides is 2. The first-order valence-electron chi connectivity index (χ1n) is 10.2. The van der Waals surface area contributed by atoms with E-state index in [1.807, 2.05) is 24.3 Å². The average Bonchev–Trinajstić information content (AvgIpc) is 2.72. The predicted octanol–water partition coefficient (Wildman–Crippen LogP) is 2.45. The summed E-state index contributed by atoms with van der Waals surface area (Å²) >= 11 is 0. The highest BCUT2D eigenvalue weighted by atomic mass is 16.5. The second-order valence-electron chi connectivity index (χ2n) is 7.70. The van der Waals surface area contributed by atoms with Gasteiger partial charge in [0.1, 0.15) is 5.75 Å². The van der Waals surface area contributed by atoms with Gasteiger partial charge in [-0.3, -0.25) is 14.4 Å². The van der Waals surface area contributed by atoms with Gasteiger partial charge in [-0.15, -0.1) is 0 Å². The molecule has 1 aromatic rings. The Kier molecular flexibility index (Phi) is 8.49. The fourth-order valence-electron chi connectivity index (χ4n) is 3.27. The normalized spacial score (nSPS) is 16.4. The van der Waals surface area contributed by atoms with E-state index in [0.717, 1.165) is 18.4 Å². The molecule has 1 heterocycles. The lowest BCUT2D eigenvalue weighted by Crippen LogP contribution is -2.47. The Hall–Kier alpha value is -2.57. The van der Waals surface area contributed by atoms with E-state index in [2.05, 4.69) is 13.8 Å². The van der Waals surface area contributed by atoms with Gasteiger partial charge in [0.25, 0.3) is 5.91 Å². The third kappa shape index (κ3) is 6.76. The number of esters is 1. The molecule has 0 aromatic heterocycles. The molecule has 0 spiro atoms. The zero-order valence-electron chi connectivity index (χ0n) is 17.8. The van der Waals surface area contributed by atoms with Gasteiger partial charge in [-0.1, -0.05) is 26.0 Å². The molecule has 0 N–H and O–H groups in total. The van der Waals surface area contributed by atoms with Crippen molar-refractivity contribution >= 4 is 17.8 Å². The third-order valence-electron chi connectivity index (χ3n) is 5.08. The Bertz CT molecular complexity index is 719. The summed E-state index contributed by atoms with van der Waals surface area (Å²) in [5, 5.41) is 0. The summed E-state index contributed by atoms with van der Waals surface area (Å²) < 4.78 is 10.7. The molecule has 160 valence electrons. The van der Waals surface area contributed by atoms with Crippen molar-refractivity contribution in [1.29, 1.82) is 0 Å². The van der Waals surface area contributed by atoms with Gasteiger partial charge < -0.3 is 19.3 Å². The third-order valence-corrected chi connectivity index (χ3v) is 5.08. The van der Waals surface area contributed by atoms with Crippen molar-refractivity contribution in [3.63, 3.8) is 0 Å². The van der Waals surface area contributed by atoms with E-state index in [1.54, 1.807) is 18.9 Å². The maximum Gasteiger partial charge on any atom is 0.310 e. The summed E-state index contributed by atoms with van der Waals surface area (Å²) in [6, 6.07) is 7.66. The second kappa shape index (κ2) is 10.8. The molecule has 1 fully saturated rings. The molecule has 1 aromatic carbocycles. The van der Waals surface area contributed by atoms with Crippen LogP contribution in [0.15, 0.2) is 24.3 Å². The summed E-state index contributed by atoms with van der Waals surface area (Å²) in [6.45, 7) is 7.06. The van der Waals surface area contributed by atoms with Gasteiger partial charge in [0.15, 0.2) is 6.61 Å². The van der Waals surface area contributed by atoms with Gasteiger partial charge in [0.05, 0.1) is 19.1 Å². The van der Waals surface area contributed by atoms with Gasteiger partial charge in [0.2, 0.25) is 5.91 Å². The lowest BCUT2D eigenvalue weighted by atomic mass is 9.98. The molecule has 1 unspecified atom stereocenters. The zero-order valence-corrected chi connectivity index (χ0v) is 17.8. The van der Waals surface area contributed by atoms with Crippen LogP contribution >= 0.6 is 0 Å².